The summed E-state index contributed by atoms with van der Waals surface area (Å²) in [5.41, 5.74) is 0. The van der Waals surface area contributed by atoms with Gasteiger partial charge in [-0.2, -0.15) is 0 Å². The summed E-state index contributed by atoms with van der Waals surface area (Å²) < 4.78 is 20.7. The lowest BCUT2D eigenvalue weighted by Crippen LogP contribution is -2.22. The SMILES string of the molecule is C=C(NCCOCCOCCC)OCCOC. The van der Waals surface area contributed by atoms with Gasteiger partial charge in [-0.05, 0) is 13.0 Å². The molecular formula is C12H25NO4. The molecule has 0 atom stereocenters. The monoisotopic (exact) mass is 247 g/mol. The summed E-state index contributed by atoms with van der Waals surface area (Å²) in [6.07, 6.45) is 1.04. The molecule has 0 bridgehead atoms. The highest BCUT2D eigenvalue weighted by atomic mass is 16.5. The van der Waals surface area contributed by atoms with E-state index in [0.29, 0.717) is 45.5 Å². The fourth-order valence-electron chi connectivity index (χ4n) is 1.03. The highest BCUT2D eigenvalue weighted by Crippen LogP contribution is 1.87. The van der Waals surface area contributed by atoms with Crippen molar-refractivity contribution in [2.45, 2.75) is 13.3 Å². The highest BCUT2D eigenvalue weighted by molar-refractivity contribution is 4.78. The van der Waals surface area contributed by atoms with Gasteiger partial charge >= 0.3 is 0 Å². The van der Waals surface area contributed by atoms with Gasteiger partial charge in [0, 0.05) is 20.3 Å². The van der Waals surface area contributed by atoms with Gasteiger partial charge in [-0.3, -0.25) is 0 Å². The van der Waals surface area contributed by atoms with E-state index in [-0.39, 0.29) is 0 Å². The molecule has 0 unspecified atom stereocenters. The summed E-state index contributed by atoms with van der Waals surface area (Å²) in [6.45, 7) is 10.2. The Labute approximate surface area is 104 Å². The summed E-state index contributed by atoms with van der Waals surface area (Å²) in [5, 5.41) is 3.01. The molecule has 0 heterocycles. The van der Waals surface area contributed by atoms with Crippen molar-refractivity contribution in [1.29, 1.82) is 0 Å². The van der Waals surface area contributed by atoms with Crippen LogP contribution in [0.25, 0.3) is 0 Å². The van der Waals surface area contributed by atoms with E-state index >= 15 is 0 Å². The van der Waals surface area contributed by atoms with Gasteiger partial charge < -0.3 is 24.3 Å². The Balaban J connectivity index is 3.08. The van der Waals surface area contributed by atoms with Crippen LogP contribution in [0.3, 0.4) is 0 Å². The molecule has 0 aliphatic heterocycles. The summed E-state index contributed by atoms with van der Waals surface area (Å²) in [7, 11) is 1.63. The molecule has 5 heteroatoms. The zero-order chi connectivity index (χ0) is 12.8. The maximum absolute atomic E-state index is 5.35. The molecule has 0 saturated carbocycles. The van der Waals surface area contributed by atoms with Crippen LogP contribution in [0, 0.1) is 0 Å². The number of methoxy groups -OCH3 is 1. The van der Waals surface area contributed by atoms with Crippen LogP contribution < -0.4 is 5.32 Å². The Hall–Kier alpha value is -0.780. The minimum atomic E-state index is 0.508. The Morgan fingerprint density at radius 1 is 1.00 bits per heavy atom. The van der Waals surface area contributed by atoms with Crippen molar-refractivity contribution in [3.8, 4) is 0 Å². The van der Waals surface area contributed by atoms with E-state index in [4.69, 9.17) is 18.9 Å². The molecule has 102 valence electrons. The predicted octanol–water partition coefficient (Wildman–Crippen LogP) is 1.15. The lowest BCUT2D eigenvalue weighted by atomic mass is 10.5. The van der Waals surface area contributed by atoms with Gasteiger partial charge in [0.2, 0.25) is 0 Å². The van der Waals surface area contributed by atoms with Crippen molar-refractivity contribution in [3.63, 3.8) is 0 Å². The fraction of sp³-hybridized carbons (Fsp3) is 0.833. The van der Waals surface area contributed by atoms with Crippen LogP contribution in [0.2, 0.25) is 0 Å². The molecule has 5 nitrogen and oxygen atoms in total. The number of ether oxygens (including phenoxy) is 4. The van der Waals surface area contributed by atoms with Crippen molar-refractivity contribution in [3.05, 3.63) is 12.5 Å². The van der Waals surface area contributed by atoms with Gasteiger partial charge in [0.05, 0.1) is 26.4 Å². The molecular weight excluding hydrogens is 222 g/mol. The normalized spacial score (nSPS) is 10.2. The van der Waals surface area contributed by atoms with Crippen molar-refractivity contribution < 1.29 is 18.9 Å². The molecule has 0 radical (unpaired) electrons. The number of nitrogens with one attached hydrogen (secondary N) is 1. The number of rotatable bonds is 13. The van der Waals surface area contributed by atoms with Gasteiger partial charge in [-0.15, -0.1) is 0 Å². The molecule has 0 aromatic rings. The van der Waals surface area contributed by atoms with E-state index < -0.39 is 0 Å². The second kappa shape index (κ2) is 13.3. The molecule has 0 amide bonds. The van der Waals surface area contributed by atoms with Gasteiger partial charge in [0.25, 0.3) is 0 Å². The van der Waals surface area contributed by atoms with E-state index in [2.05, 4.69) is 18.8 Å². The van der Waals surface area contributed by atoms with Gasteiger partial charge in [-0.25, -0.2) is 0 Å². The maximum atomic E-state index is 5.35. The van der Waals surface area contributed by atoms with Crippen molar-refractivity contribution in [2.75, 3.05) is 53.3 Å². The van der Waals surface area contributed by atoms with Crippen LogP contribution in [-0.2, 0) is 18.9 Å². The second-order valence-corrected chi connectivity index (χ2v) is 3.42. The first-order chi connectivity index (χ1) is 8.31. The molecule has 0 aromatic carbocycles. The van der Waals surface area contributed by atoms with E-state index in [1.54, 1.807) is 7.11 Å². The quantitative estimate of drug-likeness (QED) is 0.391. The zero-order valence-corrected chi connectivity index (χ0v) is 11.0. The molecule has 0 fully saturated rings. The average Bonchev–Trinajstić information content (AvgIpc) is 2.33. The highest BCUT2D eigenvalue weighted by Gasteiger charge is 1.94. The molecule has 0 aliphatic rings. The smallest absolute Gasteiger partial charge is 0.179 e. The molecule has 0 spiro atoms. The van der Waals surface area contributed by atoms with Crippen molar-refractivity contribution >= 4 is 0 Å². The van der Waals surface area contributed by atoms with E-state index in [1.165, 1.54) is 0 Å². The van der Waals surface area contributed by atoms with Gasteiger partial charge in [-0.1, -0.05) is 6.92 Å². The Morgan fingerprint density at radius 2 is 1.71 bits per heavy atom. The van der Waals surface area contributed by atoms with E-state index in [0.717, 1.165) is 13.0 Å². The van der Waals surface area contributed by atoms with Crippen LogP contribution in [0.1, 0.15) is 13.3 Å². The lowest BCUT2D eigenvalue weighted by Gasteiger charge is -2.11. The van der Waals surface area contributed by atoms with Crippen LogP contribution >= 0.6 is 0 Å². The topological polar surface area (TPSA) is 49.0 Å². The van der Waals surface area contributed by atoms with Gasteiger partial charge in [0.1, 0.15) is 6.61 Å². The van der Waals surface area contributed by atoms with Crippen molar-refractivity contribution in [1.82, 2.24) is 5.32 Å². The summed E-state index contributed by atoms with van der Waals surface area (Å²) >= 11 is 0. The summed E-state index contributed by atoms with van der Waals surface area (Å²) in [5.74, 6) is 0.549. The first-order valence-electron chi connectivity index (χ1n) is 6.01. The first kappa shape index (κ1) is 16.2. The predicted molar refractivity (Wildman–Crippen MR) is 66.9 cm³/mol. The number of hydrogen-bond donors (Lipinski definition) is 1. The second-order valence-electron chi connectivity index (χ2n) is 3.42. The lowest BCUT2D eigenvalue weighted by molar-refractivity contribution is 0.0472. The molecule has 0 rings (SSSR count). The van der Waals surface area contributed by atoms with E-state index in [1.807, 2.05) is 0 Å². The summed E-state index contributed by atoms with van der Waals surface area (Å²) in [4.78, 5) is 0. The van der Waals surface area contributed by atoms with E-state index in [9.17, 15) is 0 Å². The third kappa shape index (κ3) is 13.2. The van der Waals surface area contributed by atoms with Crippen molar-refractivity contribution in [2.24, 2.45) is 0 Å². The third-order valence-electron chi connectivity index (χ3n) is 1.85. The minimum absolute atomic E-state index is 0.508. The zero-order valence-electron chi connectivity index (χ0n) is 11.0. The Kier molecular flexibility index (Phi) is 12.7. The van der Waals surface area contributed by atoms with Crippen LogP contribution in [0.5, 0.6) is 0 Å². The molecule has 17 heavy (non-hydrogen) atoms. The maximum Gasteiger partial charge on any atom is 0.179 e. The number of hydrogen-bond acceptors (Lipinski definition) is 5. The minimum Gasteiger partial charge on any atom is -0.477 e. The molecule has 0 saturated heterocycles. The van der Waals surface area contributed by atoms with Crippen LogP contribution in [0.4, 0.5) is 0 Å². The molecule has 1 N–H and O–H groups in total. The Morgan fingerprint density at radius 3 is 2.35 bits per heavy atom. The van der Waals surface area contributed by atoms with Crippen LogP contribution in [-0.4, -0.2) is 53.3 Å². The molecule has 0 aliphatic carbocycles. The third-order valence-corrected chi connectivity index (χ3v) is 1.85. The Bertz CT molecular complexity index is 176. The fourth-order valence-corrected chi connectivity index (χ4v) is 1.03. The van der Waals surface area contributed by atoms with Crippen LogP contribution in [0.15, 0.2) is 12.5 Å². The largest absolute Gasteiger partial charge is 0.477 e. The summed E-state index contributed by atoms with van der Waals surface area (Å²) in [6, 6.07) is 0. The first-order valence-corrected chi connectivity index (χ1v) is 6.01. The molecule has 0 aromatic heterocycles. The van der Waals surface area contributed by atoms with Gasteiger partial charge in [0.15, 0.2) is 5.88 Å². The standard InChI is InChI=1S/C12H25NO4/c1-4-6-15-9-10-16-7-5-13-12(2)17-11-8-14-3/h13H,2,4-11H2,1,3H3. The average molecular weight is 247 g/mol.